The van der Waals surface area contributed by atoms with Gasteiger partial charge >= 0.3 is 0 Å². The number of hydrogen-bond donors (Lipinski definition) is 1. The molecule has 3 nitrogen and oxygen atoms in total. The second-order valence-corrected chi connectivity index (χ2v) is 8.04. The molecule has 3 unspecified atom stereocenters. The molecule has 1 aliphatic carbocycles. The summed E-state index contributed by atoms with van der Waals surface area (Å²) in [5.41, 5.74) is 6.71. The Bertz CT molecular complexity index is 343. The van der Waals surface area contributed by atoms with Crippen LogP contribution in [0, 0.1) is 11.8 Å². The normalized spacial score (nSPS) is 39.4. The minimum absolute atomic E-state index is 0.302. The number of rotatable bonds is 3. The van der Waals surface area contributed by atoms with E-state index >= 15 is 0 Å². The molecule has 122 valence electrons. The Kier molecular flexibility index (Phi) is 4.92. The Balaban J connectivity index is 1.78. The molecule has 0 bridgehead atoms. The minimum Gasteiger partial charge on any atom is -0.329 e. The van der Waals surface area contributed by atoms with E-state index in [0.29, 0.717) is 5.54 Å². The highest BCUT2D eigenvalue weighted by Crippen LogP contribution is 2.43. The highest BCUT2D eigenvalue weighted by atomic mass is 15.3. The molecule has 21 heavy (non-hydrogen) atoms. The molecule has 2 heterocycles. The first-order chi connectivity index (χ1) is 10.2. The van der Waals surface area contributed by atoms with E-state index in [1.165, 1.54) is 71.1 Å². The Morgan fingerprint density at radius 1 is 1.05 bits per heavy atom. The maximum Gasteiger partial charge on any atom is 0.0363 e. The van der Waals surface area contributed by atoms with Gasteiger partial charge in [0.2, 0.25) is 0 Å². The van der Waals surface area contributed by atoms with Crippen molar-refractivity contribution in [2.75, 3.05) is 32.7 Å². The summed E-state index contributed by atoms with van der Waals surface area (Å²) >= 11 is 0. The van der Waals surface area contributed by atoms with Gasteiger partial charge in [-0.05, 0) is 44.1 Å². The lowest BCUT2D eigenvalue weighted by Gasteiger charge is -2.57. The Hall–Kier alpha value is -0.120. The summed E-state index contributed by atoms with van der Waals surface area (Å²) in [6, 6.07) is 0.811. The smallest absolute Gasteiger partial charge is 0.0363 e. The van der Waals surface area contributed by atoms with Gasteiger partial charge in [-0.3, -0.25) is 9.80 Å². The summed E-state index contributed by atoms with van der Waals surface area (Å²) in [6.07, 6.45) is 9.76. The van der Waals surface area contributed by atoms with Crippen LogP contribution in [0.5, 0.6) is 0 Å². The van der Waals surface area contributed by atoms with Crippen LogP contribution in [0.15, 0.2) is 0 Å². The fourth-order valence-corrected chi connectivity index (χ4v) is 5.54. The first-order valence-electron chi connectivity index (χ1n) is 9.36. The van der Waals surface area contributed by atoms with E-state index in [1.807, 2.05) is 0 Å². The summed E-state index contributed by atoms with van der Waals surface area (Å²) in [7, 11) is 0. The minimum atomic E-state index is 0.302. The fourth-order valence-electron chi connectivity index (χ4n) is 5.54. The van der Waals surface area contributed by atoms with Crippen LogP contribution in [-0.2, 0) is 0 Å². The summed E-state index contributed by atoms with van der Waals surface area (Å²) in [6.45, 7) is 10.8. The van der Waals surface area contributed by atoms with Crippen LogP contribution in [0.4, 0.5) is 0 Å². The molecule has 0 aromatic rings. The number of fused-ring (bicyclic) bond motifs is 1. The van der Waals surface area contributed by atoms with Crippen molar-refractivity contribution in [1.82, 2.24) is 9.80 Å². The second-order valence-electron chi connectivity index (χ2n) is 8.04. The average Bonchev–Trinajstić information content (AvgIpc) is 2.54. The monoisotopic (exact) mass is 293 g/mol. The number of piperazine rings is 1. The largest absolute Gasteiger partial charge is 0.329 e. The van der Waals surface area contributed by atoms with E-state index in [2.05, 4.69) is 23.6 Å². The molecule has 3 heteroatoms. The highest BCUT2D eigenvalue weighted by molar-refractivity contribution is 5.03. The third kappa shape index (κ3) is 2.89. The van der Waals surface area contributed by atoms with Crippen molar-refractivity contribution in [2.45, 2.75) is 70.4 Å². The van der Waals surface area contributed by atoms with Crippen LogP contribution < -0.4 is 5.73 Å². The Labute approximate surface area is 131 Å². The molecular formula is C18H35N3. The third-order valence-corrected chi connectivity index (χ3v) is 6.69. The zero-order valence-electron chi connectivity index (χ0n) is 14.2. The summed E-state index contributed by atoms with van der Waals surface area (Å²) in [5, 5.41) is 0. The predicted molar refractivity (Wildman–Crippen MR) is 89.4 cm³/mol. The van der Waals surface area contributed by atoms with Crippen molar-refractivity contribution in [1.29, 1.82) is 0 Å². The van der Waals surface area contributed by atoms with Gasteiger partial charge in [0.05, 0.1) is 0 Å². The van der Waals surface area contributed by atoms with Gasteiger partial charge in [0, 0.05) is 37.8 Å². The zero-order chi connectivity index (χ0) is 14.9. The molecule has 3 fully saturated rings. The molecule has 3 rings (SSSR count). The molecule has 2 N–H and O–H groups in total. The van der Waals surface area contributed by atoms with Gasteiger partial charge in [0.1, 0.15) is 0 Å². The predicted octanol–water partition coefficient (Wildman–Crippen LogP) is 2.70. The van der Waals surface area contributed by atoms with Crippen molar-refractivity contribution in [3.63, 3.8) is 0 Å². The van der Waals surface area contributed by atoms with Crippen LogP contribution in [-0.4, -0.2) is 54.1 Å². The Morgan fingerprint density at radius 2 is 1.86 bits per heavy atom. The molecule has 1 saturated carbocycles. The van der Waals surface area contributed by atoms with Gasteiger partial charge < -0.3 is 5.73 Å². The van der Waals surface area contributed by atoms with Gasteiger partial charge in [-0.1, -0.05) is 33.1 Å². The molecule has 0 spiro atoms. The van der Waals surface area contributed by atoms with E-state index in [4.69, 9.17) is 5.73 Å². The SMILES string of the molecule is CC(C)C1CCCCC1(CN)N1CCN2CCCCC2C1. The van der Waals surface area contributed by atoms with Crippen molar-refractivity contribution in [3.8, 4) is 0 Å². The maximum absolute atomic E-state index is 6.41. The molecule has 0 aromatic carbocycles. The third-order valence-electron chi connectivity index (χ3n) is 6.69. The summed E-state index contributed by atoms with van der Waals surface area (Å²) < 4.78 is 0. The lowest BCUT2D eigenvalue weighted by molar-refractivity contribution is -0.0639. The van der Waals surface area contributed by atoms with Crippen molar-refractivity contribution in [2.24, 2.45) is 17.6 Å². The van der Waals surface area contributed by atoms with Gasteiger partial charge in [0.15, 0.2) is 0 Å². The van der Waals surface area contributed by atoms with E-state index in [1.54, 1.807) is 0 Å². The average molecular weight is 293 g/mol. The molecular weight excluding hydrogens is 258 g/mol. The Morgan fingerprint density at radius 3 is 2.62 bits per heavy atom. The maximum atomic E-state index is 6.41. The van der Waals surface area contributed by atoms with Gasteiger partial charge in [-0.25, -0.2) is 0 Å². The van der Waals surface area contributed by atoms with Gasteiger partial charge in [-0.2, -0.15) is 0 Å². The first-order valence-corrected chi connectivity index (χ1v) is 9.36. The van der Waals surface area contributed by atoms with Crippen LogP contribution in [0.1, 0.15) is 58.8 Å². The van der Waals surface area contributed by atoms with E-state index in [-0.39, 0.29) is 0 Å². The topological polar surface area (TPSA) is 32.5 Å². The van der Waals surface area contributed by atoms with E-state index in [9.17, 15) is 0 Å². The van der Waals surface area contributed by atoms with E-state index in [0.717, 1.165) is 24.4 Å². The lowest BCUT2D eigenvalue weighted by Crippen LogP contribution is -2.67. The number of nitrogens with zero attached hydrogens (tertiary/aromatic N) is 2. The standard InChI is InChI=1S/C18H35N3/c1-15(2)17-8-3-5-9-18(17,14-19)21-12-11-20-10-6-4-7-16(20)13-21/h15-17H,3-14,19H2,1-2H3. The lowest BCUT2D eigenvalue weighted by atomic mass is 9.66. The molecule has 2 aliphatic heterocycles. The van der Waals surface area contributed by atoms with Gasteiger partial charge in [0.25, 0.3) is 0 Å². The van der Waals surface area contributed by atoms with E-state index < -0.39 is 0 Å². The van der Waals surface area contributed by atoms with Crippen molar-refractivity contribution < 1.29 is 0 Å². The molecule has 0 amide bonds. The van der Waals surface area contributed by atoms with Crippen LogP contribution in [0.2, 0.25) is 0 Å². The molecule has 3 atom stereocenters. The van der Waals surface area contributed by atoms with Crippen molar-refractivity contribution >= 4 is 0 Å². The quantitative estimate of drug-likeness (QED) is 0.868. The highest BCUT2D eigenvalue weighted by Gasteiger charge is 2.47. The van der Waals surface area contributed by atoms with Crippen molar-refractivity contribution in [3.05, 3.63) is 0 Å². The van der Waals surface area contributed by atoms with Crippen LogP contribution in [0.3, 0.4) is 0 Å². The number of hydrogen-bond acceptors (Lipinski definition) is 3. The fraction of sp³-hybridized carbons (Fsp3) is 1.00. The summed E-state index contributed by atoms with van der Waals surface area (Å²) in [5.74, 6) is 1.56. The molecule has 2 saturated heterocycles. The molecule has 0 radical (unpaired) electrons. The molecule has 0 aromatic heterocycles. The summed E-state index contributed by atoms with van der Waals surface area (Å²) in [4.78, 5) is 5.58. The molecule has 3 aliphatic rings. The second kappa shape index (κ2) is 6.55. The number of nitrogens with two attached hydrogens (primary N) is 1. The zero-order valence-corrected chi connectivity index (χ0v) is 14.2. The van der Waals surface area contributed by atoms with Crippen LogP contribution >= 0.6 is 0 Å². The number of piperidine rings is 1. The van der Waals surface area contributed by atoms with Crippen LogP contribution in [0.25, 0.3) is 0 Å². The first kappa shape index (κ1) is 15.8. The van der Waals surface area contributed by atoms with Gasteiger partial charge in [-0.15, -0.1) is 0 Å².